The van der Waals surface area contributed by atoms with E-state index in [9.17, 15) is 40.3 Å². The van der Waals surface area contributed by atoms with Crippen molar-refractivity contribution in [3.05, 3.63) is 29.8 Å². The zero-order valence-corrected chi connectivity index (χ0v) is 11.0. The van der Waals surface area contributed by atoms with Crippen LogP contribution in [0.25, 0.3) is 0 Å². The van der Waals surface area contributed by atoms with Gasteiger partial charge in [-0.3, -0.25) is 4.55 Å². The number of phenolic OH excluding ortho intramolecular Hbond substituents is 1. The van der Waals surface area contributed by atoms with E-state index in [0.29, 0.717) is 0 Å². The first-order valence-corrected chi connectivity index (χ1v) is 6.63. The van der Waals surface area contributed by atoms with E-state index in [2.05, 4.69) is 4.74 Å². The number of carbonyl (C=O) groups is 1. The number of halogens is 5. The number of alkyl halides is 5. The van der Waals surface area contributed by atoms with E-state index in [0.717, 1.165) is 18.2 Å². The van der Waals surface area contributed by atoms with Crippen molar-refractivity contribution in [2.45, 2.75) is 17.5 Å². The molecule has 0 saturated heterocycles. The second-order valence-corrected chi connectivity index (χ2v) is 5.38. The minimum atomic E-state index is -6.52. The molecule has 0 aliphatic rings. The second-order valence-electron chi connectivity index (χ2n) is 3.88. The molecule has 0 radical (unpaired) electrons. The summed E-state index contributed by atoms with van der Waals surface area (Å²) < 4.78 is 96.4. The zero-order chi connectivity index (χ0) is 17.3. The third-order valence-electron chi connectivity index (χ3n) is 2.30. The van der Waals surface area contributed by atoms with Gasteiger partial charge in [0.05, 0.1) is 0 Å². The maximum absolute atomic E-state index is 13.2. The van der Waals surface area contributed by atoms with Gasteiger partial charge in [-0.1, -0.05) is 12.1 Å². The first kappa shape index (κ1) is 18.1. The molecule has 12 heteroatoms. The van der Waals surface area contributed by atoms with Gasteiger partial charge >= 0.3 is 27.5 Å². The molecule has 0 bridgehead atoms. The number of phenols is 1. The summed E-state index contributed by atoms with van der Waals surface area (Å²) in [7, 11) is -6.52. The fourth-order valence-corrected chi connectivity index (χ4v) is 1.73. The standard InChI is InChI=1S/C10H7F5O6S/c11-9(12,13)8(10(14,15)22(18,19)20)21-7(17)5-3-1-2-4-6(5)16/h1-4,8,16H,(H,18,19,20). The number of aromatic hydroxyl groups is 1. The summed E-state index contributed by atoms with van der Waals surface area (Å²) in [6, 6.07) is 3.89. The van der Waals surface area contributed by atoms with E-state index < -0.39 is 44.9 Å². The molecule has 1 aromatic rings. The van der Waals surface area contributed by atoms with E-state index in [1.54, 1.807) is 0 Å². The van der Waals surface area contributed by atoms with Crippen molar-refractivity contribution in [2.24, 2.45) is 0 Å². The Morgan fingerprint density at radius 1 is 1.14 bits per heavy atom. The molecule has 0 aliphatic heterocycles. The fraction of sp³-hybridized carbons (Fsp3) is 0.300. The monoisotopic (exact) mass is 350 g/mol. The number of para-hydroxylation sites is 1. The highest BCUT2D eigenvalue weighted by Gasteiger charge is 2.66. The van der Waals surface area contributed by atoms with E-state index in [4.69, 9.17) is 4.55 Å². The van der Waals surface area contributed by atoms with Crippen LogP contribution in [-0.2, 0) is 14.9 Å². The maximum atomic E-state index is 13.2. The van der Waals surface area contributed by atoms with Gasteiger partial charge in [0.1, 0.15) is 11.3 Å². The van der Waals surface area contributed by atoms with Crippen LogP contribution in [0.1, 0.15) is 10.4 Å². The molecule has 0 aromatic heterocycles. The van der Waals surface area contributed by atoms with Crippen LogP contribution < -0.4 is 0 Å². The van der Waals surface area contributed by atoms with Crippen LogP contribution in [0.15, 0.2) is 24.3 Å². The molecule has 2 N–H and O–H groups in total. The maximum Gasteiger partial charge on any atom is 0.432 e. The number of esters is 1. The Bertz CT molecular complexity index is 669. The van der Waals surface area contributed by atoms with Gasteiger partial charge in [-0.2, -0.15) is 30.4 Å². The summed E-state index contributed by atoms with van der Waals surface area (Å²) in [5.41, 5.74) is -0.900. The quantitative estimate of drug-likeness (QED) is 0.489. The topological polar surface area (TPSA) is 101 Å². The van der Waals surface area contributed by atoms with Gasteiger partial charge in [-0.05, 0) is 12.1 Å². The number of ether oxygens (including phenoxy) is 1. The molecule has 0 heterocycles. The van der Waals surface area contributed by atoms with Crippen LogP contribution in [0.4, 0.5) is 22.0 Å². The molecule has 0 saturated carbocycles. The lowest BCUT2D eigenvalue weighted by molar-refractivity contribution is -0.248. The summed E-state index contributed by atoms with van der Waals surface area (Å²) in [5, 5.41) is 3.39. The molecule has 22 heavy (non-hydrogen) atoms. The second kappa shape index (κ2) is 5.68. The molecule has 1 rings (SSSR count). The molecule has 1 aromatic carbocycles. The Balaban J connectivity index is 3.23. The van der Waals surface area contributed by atoms with Gasteiger partial charge < -0.3 is 9.84 Å². The highest BCUT2D eigenvalue weighted by molar-refractivity contribution is 7.86. The average Bonchev–Trinajstić information content (AvgIpc) is 2.33. The molecular weight excluding hydrogens is 343 g/mol. The molecular formula is C10H7F5O6S. The van der Waals surface area contributed by atoms with Crippen molar-refractivity contribution in [1.82, 2.24) is 0 Å². The lowest BCUT2D eigenvalue weighted by Crippen LogP contribution is -2.52. The Labute approximate surface area is 119 Å². The van der Waals surface area contributed by atoms with Crippen LogP contribution in [0, 0.1) is 0 Å². The Morgan fingerprint density at radius 2 is 1.64 bits per heavy atom. The smallest absolute Gasteiger partial charge is 0.432 e. The molecule has 6 nitrogen and oxygen atoms in total. The molecule has 0 aliphatic carbocycles. The van der Waals surface area contributed by atoms with Crippen molar-refractivity contribution in [1.29, 1.82) is 0 Å². The number of hydrogen-bond acceptors (Lipinski definition) is 5. The van der Waals surface area contributed by atoms with Crippen LogP contribution >= 0.6 is 0 Å². The third-order valence-corrected chi connectivity index (χ3v) is 3.20. The predicted molar refractivity (Wildman–Crippen MR) is 59.9 cm³/mol. The van der Waals surface area contributed by atoms with E-state index in [1.165, 1.54) is 6.07 Å². The van der Waals surface area contributed by atoms with Gasteiger partial charge in [-0.15, -0.1) is 0 Å². The van der Waals surface area contributed by atoms with Crippen LogP contribution in [0.2, 0.25) is 0 Å². The van der Waals surface area contributed by atoms with Gasteiger partial charge in [0.2, 0.25) is 0 Å². The Kier molecular flexibility index (Phi) is 4.67. The summed E-state index contributed by atoms with van der Waals surface area (Å²) >= 11 is 0. The first-order chi connectivity index (χ1) is 9.78. The minimum Gasteiger partial charge on any atom is -0.507 e. The van der Waals surface area contributed by atoms with E-state index in [1.807, 2.05) is 0 Å². The Hall–Kier alpha value is -1.95. The minimum absolute atomic E-state index is 0.761. The molecule has 0 fully saturated rings. The van der Waals surface area contributed by atoms with E-state index >= 15 is 0 Å². The van der Waals surface area contributed by atoms with Crippen molar-refractivity contribution < 1.29 is 49.6 Å². The van der Waals surface area contributed by atoms with Crippen LogP contribution in [-0.4, -0.2) is 41.6 Å². The van der Waals surface area contributed by atoms with Crippen molar-refractivity contribution >= 4 is 16.1 Å². The molecule has 124 valence electrons. The number of benzene rings is 1. The highest BCUT2D eigenvalue weighted by Crippen LogP contribution is 2.38. The normalized spacial score (nSPS) is 14.5. The third kappa shape index (κ3) is 3.62. The summed E-state index contributed by atoms with van der Waals surface area (Å²) in [4.78, 5) is 11.4. The Morgan fingerprint density at radius 3 is 2.05 bits per heavy atom. The van der Waals surface area contributed by atoms with Crippen molar-refractivity contribution in [2.75, 3.05) is 0 Å². The van der Waals surface area contributed by atoms with Gasteiger partial charge in [-0.25, -0.2) is 4.79 Å². The summed E-state index contributed by atoms with van der Waals surface area (Å²) in [5.74, 6) is -2.92. The molecule has 0 amide bonds. The summed E-state index contributed by atoms with van der Waals surface area (Å²) in [6.45, 7) is 0. The largest absolute Gasteiger partial charge is 0.507 e. The molecule has 0 spiro atoms. The summed E-state index contributed by atoms with van der Waals surface area (Å²) in [6.07, 6.45) is -10.5. The number of hydrogen-bond donors (Lipinski definition) is 2. The lowest BCUT2D eigenvalue weighted by Gasteiger charge is -2.26. The lowest BCUT2D eigenvalue weighted by atomic mass is 10.2. The van der Waals surface area contributed by atoms with Gasteiger partial charge in [0.15, 0.2) is 0 Å². The number of carbonyl (C=O) groups excluding carboxylic acids is 1. The molecule has 1 unspecified atom stereocenters. The zero-order valence-electron chi connectivity index (χ0n) is 10.2. The van der Waals surface area contributed by atoms with Crippen LogP contribution in [0.3, 0.4) is 0 Å². The van der Waals surface area contributed by atoms with Crippen molar-refractivity contribution in [3.8, 4) is 5.75 Å². The molecule has 1 atom stereocenters. The van der Waals surface area contributed by atoms with Crippen molar-refractivity contribution in [3.63, 3.8) is 0 Å². The average molecular weight is 350 g/mol. The fourth-order valence-electron chi connectivity index (χ4n) is 1.28. The predicted octanol–water partition coefficient (Wildman–Crippen LogP) is 1.96. The SMILES string of the molecule is O=C(OC(C(F)(F)F)C(F)(F)S(=O)(=O)O)c1ccccc1O. The number of rotatable bonds is 4. The van der Waals surface area contributed by atoms with Gasteiger partial charge in [0.25, 0.3) is 6.10 Å². The van der Waals surface area contributed by atoms with E-state index in [-0.39, 0.29) is 0 Å². The highest BCUT2D eigenvalue weighted by atomic mass is 32.2. The first-order valence-electron chi connectivity index (χ1n) is 5.19. The van der Waals surface area contributed by atoms with Gasteiger partial charge in [0, 0.05) is 0 Å². The van der Waals surface area contributed by atoms with Crippen LogP contribution in [0.5, 0.6) is 5.75 Å².